The number of hydrogen-bond donors (Lipinski definition) is 3. The number of phenols is 1. The van der Waals surface area contributed by atoms with Gasteiger partial charge in [-0.15, -0.1) is 11.3 Å². The van der Waals surface area contributed by atoms with E-state index in [1.54, 1.807) is 18.2 Å². The Hall–Kier alpha value is -2.70. The van der Waals surface area contributed by atoms with E-state index in [0.29, 0.717) is 33.5 Å². The van der Waals surface area contributed by atoms with E-state index in [2.05, 4.69) is 4.98 Å². The average molecular weight is 396 g/mol. The molecule has 2 aromatic carbocycles. The summed E-state index contributed by atoms with van der Waals surface area (Å²) >= 11 is 1.34. The van der Waals surface area contributed by atoms with E-state index in [1.165, 1.54) is 17.4 Å². The normalized spacial score (nSPS) is 12.2. The van der Waals surface area contributed by atoms with Crippen molar-refractivity contribution in [3.05, 3.63) is 63.0 Å². The van der Waals surface area contributed by atoms with Crippen LogP contribution in [0.15, 0.2) is 40.5 Å². The molecule has 0 spiro atoms. The van der Waals surface area contributed by atoms with E-state index in [0.717, 1.165) is 16.3 Å². The number of nitrogens with two attached hydrogens (primary N) is 1. The van der Waals surface area contributed by atoms with Gasteiger partial charge >= 0.3 is 0 Å². The summed E-state index contributed by atoms with van der Waals surface area (Å²) in [5, 5.41) is 14.1. The molecule has 0 aliphatic heterocycles. The fraction of sp³-hybridized carbons (Fsp3) is 0.227. The Morgan fingerprint density at radius 2 is 2.00 bits per heavy atom. The van der Waals surface area contributed by atoms with Crippen LogP contribution in [0.3, 0.4) is 0 Å². The second-order valence-electron chi connectivity index (χ2n) is 7.74. The van der Waals surface area contributed by atoms with E-state index in [1.807, 2.05) is 32.2 Å². The van der Waals surface area contributed by atoms with Gasteiger partial charge in [0.15, 0.2) is 0 Å². The van der Waals surface area contributed by atoms with E-state index < -0.39 is 5.41 Å². The van der Waals surface area contributed by atoms with Crippen LogP contribution in [-0.4, -0.2) is 16.6 Å². The molecule has 0 bridgehead atoms. The lowest BCUT2D eigenvalue weighted by molar-refractivity contribution is 0.477. The van der Waals surface area contributed by atoms with Crippen molar-refractivity contribution in [2.24, 2.45) is 5.73 Å². The highest BCUT2D eigenvalue weighted by Gasteiger charge is 2.24. The smallest absolute Gasteiger partial charge is 0.266 e. The Morgan fingerprint density at radius 3 is 2.68 bits per heavy atom. The summed E-state index contributed by atoms with van der Waals surface area (Å²) in [5.41, 5.74) is 8.13. The first-order valence-electron chi connectivity index (χ1n) is 9.01. The topological polar surface area (TPSA) is 79.1 Å². The van der Waals surface area contributed by atoms with Crippen molar-refractivity contribution < 1.29 is 9.50 Å². The van der Waals surface area contributed by atoms with Gasteiger partial charge in [-0.2, -0.15) is 0 Å². The van der Waals surface area contributed by atoms with Crippen LogP contribution in [0.5, 0.6) is 5.75 Å². The third-order valence-electron chi connectivity index (χ3n) is 5.38. The van der Waals surface area contributed by atoms with Crippen molar-refractivity contribution in [1.29, 1.82) is 0 Å². The molecule has 6 heteroatoms. The number of benzene rings is 2. The lowest BCUT2D eigenvalue weighted by atomic mass is 9.83. The third kappa shape index (κ3) is 2.72. The molecule has 0 aliphatic carbocycles. The van der Waals surface area contributed by atoms with Crippen molar-refractivity contribution in [2.45, 2.75) is 26.2 Å². The van der Waals surface area contributed by atoms with E-state index in [9.17, 15) is 14.3 Å². The number of H-pyrrole nitrogens is 1. The van der Waals surface area contributed by atoms with Crippen LogP contribution >= 0.6 is 11.3 Å². The van der Waals surface area contributed by atoms with Gasteiger partial charge in [0.05, 0.1) is 5.52 Å². The van der Waals surface area contributed by atoms with Crippen molar-refractivity contribution in [3.63, 3.8) is 0 Å². The summed E-state index contributed by atoms with van der Waals surface area (Å²) in [4.78, 5) is 15.3. The summed E-state index contributed by atoms with van der Waals surface area (Å²) in [7, 11) is 0. The first-order chi connectivity index (χ1) is 13.2. The van der Waals surface area contributed by atoms with Crippen molar-refractivity contribution >= 4 is 32.3 Å². The van der Waals surface area contributed by atoms with Crippen LogP contribution in [0, 0.1) is 12.7 Å². The molecule has 4 N–H and O–H groups in total. The molecule has 28 heavy (non-hydrogen) atoms. The maximum atomic E-state index is 15.0. The Balaban J connectivity index is 2.09. The lowest BCUT2D eigenvalue weighted by Gasteiger charge is -2.24. The summed E-state index contributed by atoms with van der Waals surface area (Å²) in [6, 6.07) is 8.41. The first-order valence-corrected chi connectivity index (χ1v) is 9.89. The van der Waals surface area contributed by atoms with Crippen molar-refractivity contribution in [3.8, 4) is 16.9 Å². The number of halogens is 1. The molecule has 144 valence electrons. The number of hydrogen-bond acceptors (Lipinski definition) is 4. The zero-order valence-electron chi connectivity index (χ0n) is 15.9. The van der Waals surface area contributed by atoms with Crippen molar-refractivity contribution in [1.82, 2.24) is 4.98 Å². The van der Waals surface area contributed by atoms with Gasteiger partial charge in [-0.05, 0) is 47.2 Å². The summed E-state index contributed by atoms with van der Waals surface area (Å²) < 4.78 is 15.5. The SMILES string of the molecule is Cc1cc(O)c(-c2ccc(C(C)(C)CN)c(F)c2)c2c1[nH]c(=O)c1sccc12. The van der Waals surface area contributed by atoms with Gasteiger partial charge in [0.2, 0.25) is 0 Å². The monoisotopic (exact) mass is 396 g/mol. The predicted octanol–water partition coefficient (Wildman–Crippen LogP) is 4.80. The lowest BCUT2D eigenvalue weighted by Crippen LogP contribution is -2.29. The van der Waals surface area contributed by atoms with E-state index >= 15 is 0 Å². The highest BCUT2D eigenvalue weighted by Crippen LogP contribution is 2.42. The van der Waals surface area contributed by atoms with Crippen molar-refractivity contribution in [2.75, 3.05) is 6.54 Å². The number of pyridine rings is 1. The molecule has 0 aliphatic rings. The average Bonchev–Trinajstić information content (AvgIpc) is 3.13. The first kappa shape index (κ1) is 18.7. The molecular weight excluding hydrogens is 375 g/mol. The maximum Gasteiger partial charge on any atom is 0.266 e. The van der Waals surface area contributed by atoms with E-state index in [-0.39, 0.29) is 17.1 Å². The molecule has 0 fully saturated rings. The van der Waals surface area contributed by atoms with Crippen LogP contribution in [0.25, 0.3) is 32.1 Å². The van der Waals surface area contributed by atoms with Crippen LogP contribution in [0.1, 0.15) is 25.0 Å². The quantitative estimate of drug-likeness (QED) is 0.465. The number of nitrogens with one attached hydrogen (secondary N) is 1. The number of phenolic OH excluding ortho intramolecular Hbond substituents is 1. The van der Waals surface area contributed by atoms with Crippen LogP contribution in [-0.2, 0) is 5.41 Å². The zero-order valence-corrected chi connectivity index (χ0v) is 16.7. The highest BCUT2D eigenvalue weighted by atomic mass is 32.1. The van der Waals surface area contributed by atoms with Gasteiger partial charge in [-0.1, -0.05) is 26.0 Å². The minimum absolute atomic E-state index is 0.0507. The predicted molar refractivity (Wildman–Crippen MR) is 114 cm³/mol. The van der Waals surface area contributed by atoms with Gasteiger partial charge in [0.25, 0.3) is 5.56 Å². The van der Waals surface area contributed by atoms with Gasteiger partial charge in [0.1, 0.15) is 16.3 Å². The summed E-state index contributed by atoms with van der Waals surface area (Å²) in [6.07, 6.45) is 0. The highest BCUT2D eigenvalue weighted by molar-refractivity contribution is 7.17. The summed E-state index contributed by atoms with van der Waals surface area (Å²) in [5.74, 6) is -0.318. The molecule has 0 saturated carbocycles. The fourth-order valence-corrected chi connectivity index (χ4v) is 4.50. The molecular formula is C22H21FN2O2S. The molecule has 0 radical (unpaired) electrons. The minimum Gasteiger partial charge on any atom is -0.507 e. The Labute approximate surface area is 165 Å². The molecule has 4 aromatic rings. The number of aromatic nitrogens is 1. The molecule has 0 saturated heterocycles. The van der Waals surface area contributed by atoms with Crippen LogP contribution in [0.2, 0.25) is 0 Å². The largest absolute Gasteiger partial charge is 0.507 e. The Kier molecular flexibility index (Phi) is 4.28. The van der Waals surface area contributed by atoms with Gasteiger partial charge in [-0.3, -0.25) is 4.79 Å². The molecule has 4 rings (SSSR count). The molecule has 0 atom stereocenters. The second kappa shape index (κ2) is 6.43. The summed E-state index contributed by atoms with van der Waals surface area (Å²) in [6.45, 7) is 5.93. The van der Waals surface area contributed by atoms with E-state index in [4.69, 9.17) is 5.73 Å². The van der Waals surface area contributed by atoms with Gasteiger partial charge in [0, 0.05) is 28.3 Å². The number of rotatable bonds is 3. The number of fused-ring (bicyclic) bond motifs is 3. The number of aromatic amines is 1. The zero-order chi connectivity index (χ0) is 20.2. The second-order valence-corrected chi connectivity index (χ2v) is 8.65. The Morgan fingerprint density at radius 1 is 1.25 bits per heavy atom. The third-order valence-corrected chi connectivity index (χ3v) is 6.29. The van der Waals surface area contributed by atoms with Gasteiger partial charge < -0.3 is 15.8 Å². The fourth-order valence-electron chi connectivity index (χ4n) is 3.70. The van der Waals surface area contributed by atoms with Crippen LogP contribution in [0.4, 0.5) is 4.39 Å². The minimum atomic E-state index is -0.494. The number of aryl methyl sites for hydroxylation is 1. The number of aromatic hydroxyl groups is 1. The molecule has 2 aromatic heterocycles. The van der Waals surface area contributed by atoms with Crippen LogP contribution < -0.4 is 11.3 Å². The molecule has 2 heterocycles. The number of thiophene rings is 1. The van der Waals surface area contributed by atoms with Gasteiger partial charge in [-0.25, -0.2) is 4.39 Å². The molecule has 0 amide bonds. The molecule has 4 nitrogen and oxygen atoms in total. The maximum absolute atomic E-state index is 15.0. The molecule has 0 unspecified atom stereocenters. The standard InChI is InChI=1S/C22H21FN2O2S/c1-11-8-16(26)17(12-4-5-14(15(23)9-12)22(2,3)10-24)18-13-6-7-28-20(13)21(27)25-19(11)18/h4-9,26H,10,24H2,1-3H3,(H,25,27). The Bertz CT molecular complexity index is 1290.